The molecule has 2 aromatic carbocycles. The standard InChI is InChI=1S/C17H15FN2S/c18-14-3-1-2-13-16(7-9-21-17(13)14)20-12-4-5-15-11(10-12)6-8-19-15/h1-6,8,10,16,19-20H,7,9H2. The van der Waals surface area contributed by atoms with Crippen molar-refractivity contribution in [2.75, 3.05) is 11.1 Å². The Morgan fingerprint density at radius 3 is 3.10 bits per heavy atom. The van der Waals surface area contributed by atoms with Gasteiger partial charge in [0.2, 0.25) is 0 Å². The molecule has 3 aromatic rings. The molecule has 0 bridgehead atoms. The van der Waals surface area contributed by atoms with E-state index < -0.39 is 0 Å². The number of thioether (sulfide) groups is 1. The van der Waals surface area contributed by atoms with E-state index in [1.807, 2.05) is 12.3 Å². The Balaban J connectivity index is 1.67. The van der Waals surface area contributed by atoms with E-state index in [0.29, 0.717) is 0 Å². The van der Waals surface area contributed by atoms with Crippen LogP contribution in [0, 0.1) is 5.82 Å². The number of halogens is 1. The van der Waals surface area contributed by atoms with Crippen LogP contribution in [0.15, 0.2) is 53.6 Å². The Morgan fingerprint density at radius 2 is 2.14 bits per heavy atom. The molecule has 2 nitrogen and oxygen atoms in total. The monoisotopic (exact) mass is 298 g/mol. The molecule has 106 valence electrons. The number of aromatic amines is 1. The highest BCUT2D eigenvalue weighted by Crippen LogP contribution is 2.39. The second-order valence-electron chi connectivity index (χ2n) is 5.27. The maximum Gasteiger partial charge on any atom is 0.137 e. The second-order valence-corrected chi connectivity index (χ2v) is 6.38. The summed E-state index contributed by atoms with van der Waals surface area (Å²) in [4.78, 5) is 3.99. The van der Waals surface area contributed by atoms with Crippen LogP contribution in [0.1, 0.15) is 18.0 Å². The van der Waals surface area contributed by atoms with Crippen LogP contribution in [-0.2, 0) is 0 Å². The van der Waals surface area contributed by atoms with Crippen molar-refractivity contribution in [2.45, 2.75) is 17.4 Å². The third kappa shape index (κ3) is 2.29. The lowest BCUT2D eigenvalue weighted by Crippen LogP contribution is -2.16. The first-order chi connectivity index (χ1) is 10.3. The van der Waals surface area contributed by atoms with E-state index in [-0.39, 0.29) is 11.9 Å². The van der Waals surface area contributed by atoms with Crippen LogP contribution in [0.5, 0.6) is 0 Å². The molecule has 0 fully saturated rings. The lowest BCUT2D eigenvalue weighted by atomic mass is 10.0. The number of aromatic nitrogens is 1. The molecule has 4 rings (SSSR count). The highest BCUT2D eigenvalue weighted by Gasteiger charge is 2.22. The van der Waals surface area contributed by atoms with Gasteiger partial charge in [-0.15, -0.1) is 11.8 Å². The molecule has 0 spiro atoms. The fraction of sp³-hybridized carbons (Fsp3) is 0.176. The summed E-state index contributed by atoms with van der Waals surface area (Å²) in [7, 11) is 0. The molecular formula is C17H15FN2S. The summed E-state index contributed by atoms with van der Waals surface area (Å²) >= 11 is 1.61. The van der Waals surface area contributed by atoms with Crippen LogP contribution in [0.25, 0.3) is 10.9 Å². The molecule has 1 atom stereocenters. The number of hydrogen-bond acceptors (Lipinski definition) is 2. The van der Waals surface area contributed by atoms with E-state index in [9.17, 15) is 4.39 Å². The molecule has 21 heavy (non-hydrogen) atoms. The highest BCUT2D eigenvalue weighted by molar-refractivity contribution is 7.99. The first kappa shape index (κ1) is 12.8. The first-order valence-electron chi connectivity index (χ1n) is 7.06. The SMILES string of the molecule is Fc1cccc2c1SCCC2Nc1ccc2[nH]ccc2c1. The molecule has 0 aliphatic carbocycles. The van der Waals surface area contributed by atoms with Gasteiger partial charge in [-0.3, -0.25) is 0 Å². The highest BCUT2D eigenvalue weighted by atomic mass is 32.2. The number of nitrogens with one attached hydrogen (secondary N) is 2. The molecule has 2 N–H and O–H groups in total. The zero-order valence-corrected chi connectivity index (χ0v) is 12.2. The van der Waals surface area contributed by atoms with Crippen molar-refractivity contribution in [2.24, 2.45) is 0 Å². The number of fused-ring (bicyclic) bond motifs is 2. The molecule has 1 unspecified atom stereocenters. The van der Waals surface area contributed by atoms with Gasteiger partial charge in [-0.05, 0) is 42.3 Å². The van der Waals surface area contributed by atoms with Crippen molar-refractivity contribution in [3.8, 4) is 0 Å². The van der Waals surface area contributed by atoms with E-state index in [0.717, 1.165) is 33.8 Å². The fourth-order valence-electron chi connectivity index (χ4n) is 2.88. The third-order valence-electron chi connectivity index (χ3n) is 3.92. The van der Waals surface area contributed by atoms with Gasteiger partial charge in [0.15, 0.2) is 0 Å². The maximum absolute atomic E-state index is 13.9. The average molecular weight is 298 g/mol. The minimum absolute atomic E-state index is 0.106. The summed E-state index contributed by atoms with van der Waals surface area (Å²) in [5.41, 5.74) is 3.28. The van der Waals surface area contributed by atoms with Gasteiger partial charge in [0.05, 0.1) is 6.04 Å². The summed E-state index contributed by atoms with van der Waals surface area (Å²) in [5.74, 6) is 0.836. The van der Waals surface area contributed by atoms with Gasteiger partial charge in [0.1, 0.15) is 5.82 Å². The Labute approximate surface area is 126 Å². The minimum atomic E-state index is -0.106. The summed E-state index contributed by atoms with van der Waals surface area (Å²) in [6.07, 6.45) is 2.95. The Kier molecular flexibility index (Phi) is 3.11. The molecule has 0 saturated heterocycles. The molecule has 4 heteroatoms. The Hall–Kier alpha value is -1.94. The molecule has 0 amide bonds. The lowest BCUT2D eigenvalue weighted by Gasteiger charge is -2.27. The smallest absolute Gasteiger partial charge is 0.137 e. The van der Waals surface area contributed by atoms with Gasteiger partial charge < -0.3 is 10.3 Å². The lowest BCUT2D eigenvalue weighted by molar-refractivity contribution is 0.585. The van der Waals surface area contributed by atoms with Gasteiger partial charge >= 0.3 is 0 Å². The number of anilines is 1. The summed E-state index contributed by atoms with van der Waals surface area (Å²) in [5, 5.41) is 4.74. The van der Waals surface area contributed by atoms with Crippen molar-refractivity contribution < 1.29 is 4.39 Å². The predicted octanol–water partition coefficient (Wildman–Crippen LogP) is 4.96. The van der Waals surface area contributed by atoms with Gasteiger partial charge in [0.25, 0.3) is 0 Å². The number of benzene rings is 2. The molecule has 1 aliphatic rings. The van der Waals surface area contributed by atoms with Crippen LogP contribution < -0.4 is 5.32 Å². The average Bonchev–Trinajstić information content (AvgIpc) is 2.96. The van der Waals surface area contributed by atoms with Crippen molar-refractivity contribution >= 4 is 28.4 Å². The Bertz CT molecular complexity index is 796. The van der Waals surface area contributed by atoms with Crippen LogP contribution in [0.2, 0.25) is 0 Å². The number of H-pyrrole nitrogens is 1. The minimum Gasteiger partial charge on any atom is -0.378 e. The van der Waals surface area contributed by atoms with Crippen molar-refractivity contribution in [1.82, 2.24) is 4.98 Å². The third-order valence-corrected chi connectivity index (χ3v) is 5.08. The zero-order chi connectivity index (χ0) is 14.2. The normalized spacial score (nSPS) is 17.7. The van der Waals surface area contributed by atoms with E-state index >= 15 is 0 Å². The fourth-order valence-corrected chi connectivity index (χ4v) is 4.02. The summed E-state index contributed by atoms with van der Waals surface area (Å²) < 4.78 is 13.9. The topological polar surface area (TPSA) is 27.8 Å². The van der Waals surface area contributed by atoms with E-state index in [1.165, 1.54) is 5.39 Å². The first-order valence-corrected chi connectivity index (χ1v) is 8.05. The van der Waals surface area contributed by atoms with Gasteiger partial charge in [-0.25, -0.2) is 4.39 Å². The van der Waals surface area contributed by atoms with Crippen LogP contribution in [0.3, 0.4) is 0 Å². The molecule has 1 aromatic heterocycles. The van der Waals surface area contributed by atoms with Crippen molar-refractivity contribution in [1.29, 1.82) is 0 Å². The van der Waals surface area contributed by atoms with E-state index in [2.05, 4.69) is 34.6 Å². The van der Waals surface area contributed by atoms with Crippen molar-refractivity contribution in [3.63, 3.8) is 0 Å². The summed E-state index contributed by atoms with van der Waals surface area (Å²) in [6.45, 7) is 0. The molecule has 0 radical (unpaired) electrons. The van der Waals surface area contributed by atoms with Crippen LogP contribution >= 0.6 is 11.8 Å². The molecular weight excluding hydrogens is 283 g/mol. The second kappa shape index (κ2) is 5.11. The Morgan fingerprint density at radius 1 is 1.19 bits per heavy atom. The molecule has 2 heterocycles. The zero-order valence-electron chi connectivity index (χ0n) is 11.4. The predicted molar refractivity (Wildman–Crippen MR) is 86.4 cm³/mol. The number of rotatable bonds is 2. The summed E-state index contributed by atoms with van der Waals surface area (Å²) in [6, 6.07) is 13.9. The maximum atomic E-state index is 13.9. The number of hydrogen-bond donors (Lipinski definition) is 2. The van der Waals surface area contributed by atoms with E-state index in [4.69, 9.17) is 0 Å². The quantitative estimate of drug-likeness (QED) is 0.700. The van der Waals surface area contributed by atoms with Crippen LogP contribution in [-0.4, -0.2) is 10.7 Å². The van der Waals surface area contributed by atoms with Crippen molar-refractivity contribution in [3.05, 3.63) is 60.0 Å². The van der Waals surface area contributed by atoms with Gasteiger partial charge in [-0.2, -0.15) is 0 Å². The van der Waals surface area contributed by atoms with E-state index in [1.54, 1.807) is 23.9 Å². The van der Waals surface area contributed by atoms with Gasteiger partial charge in [0, 0.05) is 33.4 Å². The molecule has 0 saturated carbocycles. The van der Waals surface area contributed by atoms with Crippen LogP contribution in [0.4, 0.5) is 10.1 Å². The van der Waals surface area contributed by atoms with Gasteiger partial charge in [-0.1, -0.05) is 12.1 Å². The largest absolute Gasteiger partial charge is 0.378 e. The molecule has 1 aliphatic heterocycles.